The maximum Gasteiger partial charge on any atom is 0.417 e. The van der Waals surface area contributed by atoms with Gasteiger partial charge in [0.1, 0.15) is 10.7 Å². The quantitative estimate of drug-likeness (QED) is 0.416. The van der Waals surface area contributed by atoms with Crippen LogP contribution in [0.4, 0.5) is 23.2 Å². The molecule has 0 spiro atoms. The molecule has 14 heteroatoms. The number of fused-ring (bicyclic) bond motifs is 1. The first kappa shape index (κ1) is 28.6. The van der Waals surface area contributed by atoms with Crippen molar-refractivity contribution in [2.75, 3.05) is 4.72 Å². The van der Waals surface area contributed by atoms with E-state index >= 15 is 0 Å². The number of hydrogen-bond donors (Lipinski definition) is 2. The van der Waals surface area contributed by atoms with Gasteiger partial charge in [-0.25, -0.2) is 25.2 Å². The molecule has 0 saturated carbocycles. The normalized spacial score (nSPS) is 17.6. The second-order valence-electron chi connectivity index (χ2n) is 9.53. The van der Waals surface area contributed by atoms with Crippen LogP contribution in [0.1, 0.15) is 35.7 Å². The molecule has 39 heavy (non-hydrogen) atoms. The Bertz CT molecular complexity index is 1690. The van der Waals surface area contributed by atoms with Gasteiger partial charge in [0.2, 0.25) is 0 Å². The number of aryl methyl sites for hydroxylation is 1. The fourth-order valence-electron chi connectivity index (χ4n) is 4.52. The molecule has 1 aromatic heterocycles. The van der Waals surface area contributed by atoms with E-state index in [-0.39, 0.29) is 34.6 Å². The Balaban J connectivity index is 1.87. The minimum absolute atomic E-state index is 0.0542. The molecule has 8 nitrogen and oxygen atoms in total. The third kappa shape index (κ3) is 5.13. The molecule has 0 fully saturated rings. The topological polar surface area (TPSA) is 129 Å². The highest BCUT2D eigenvalue weighted by Gasteiger charge is 2.55. The van der Waals surface area contributed by atoms with Gasteiger partial charge in [-0.05, 0) is 69.0 Å². The van der Waals surface area contributed by atoms with Crippen molar-refractivity contribution in [1.82, 2.24) is 3.97 Å². The Hall–Kier alpha value is -3.41. The Morgan fingerprint density at radius 3 is 2.31 bits per heavy atom. The molecule has 1 aliphatic carbocycles. The third-order valence-electron chi connectivity index (χ3n) is 6.91. The molecule has 2 N–H and O–H groups in total. The molecular formula is C25H23F4N3O5S2. The maximum atomic E-state index is 14.5. The fraction of sp³-hybridized carbons (Fsp3) is 0.320. The Labute approximate surface area is 222 Å². The van der Waals surface area contributed by atoms with Gasteiger partial charge in [-0.15, -0.1) is 0 Å². The van der Waals surface area contributed by atoms with Crippen LogP contribution in [0.5, 0.6) is 0 Å². The summed E-state index contributed by atoms with van der Waals surface area (Å²) in [5.74, 6) is -2.52. The van der Waals surface area contributed by atoms with E-state index in [1.54, 1.807) is 13.0 Å². The first-order valence-electron chi connectivity index (χ1n) is 11.6. The second-order valence-corrected chi connectivity index (χ2v) is 13.0. The van der Waals surface area contributed by atoms with Crippen LogP contribution in [0.3, 0.4) is 0 Å². The Morgan fingerprint density at radius 2 is 1.74 bits per heavy atom. The molecule has 0 radical (unpaired) electrons. The molecule has 0 bridgehead atoms. The average molecular weight is 586 g/mol. The maximum absolute atomic E-state index is 14.5. The van der Waals surface area contributed by atoms with Gasteiger partial charge in [-0.1, -0.05) is 17.7 Å². The number of alkyl halides is 3. The number of aromatic nitrogens is 1. The summed E-state index contributed by atoms with van der Waals surface area (Å²) in [4.78, 5) is -0.785. The van der Waals surface area contributed by atoms with E-state index in [4.69, 9.17) is 5.26 Å². The number of hydrogen-bond acceptors (Lipinski definition) is 6. The van der Waals surface area contributed by atoms with Gasteiger partial charge in [0, 0.05) is 17.8 Å². The van der Waals surface area contributed by atoms with E-state index in [9.17, 15) is 39.5 Å². The number of halogens is 4. The lowest BCUT2D eigenvalue weighted by atomic mass is 9.77. The van der Waals surface area contributed by atoms with Crippen LogP contribution in [0.15, 0.2) is 58.5 Å². The predicted octanol–water partition coefficient (Wildman–Crippen LogP) is 4.26. The summed E-state index contributed by atoms with van der Waals surface area (Å²) in [7, 11) is -9.13. The van der Waals surface area contributed by atoms with Crippen LogP contribution in [0.25, 0.3) is 0 Å². The highest BCUT2D eigenvalue weighted by atomic mass is 32.2. The number of anilines is 1. The van der Waals surface area contributed by atoms with Crippen LogP contribution >= 0.6 is 0 Å². The zero-order valence-corrected chi connectivity index (χ0v) is 22.3. The molecule has 1 aliphatic rings. The summed E-state index contributed by atoms with van der Waals surface area (Å²) in [5, 5.41) is 19.2. The Morgan fingerprint density at radius 1 is 1.10 bits per heavy atom. The van der Waals surface area contributed by atoms with Crippen molar-refractivity contribution in [1.29, 1.82) is 5.26 Å². The zero-order valence-electron chi connectivity index (χ0n) is 20.6. The molecule has 2 unspecified atom stereocenters. The van der Waals surface area contributed by atoms with Crippen molar-refractivity contribution < 1.29 is 39.5 Å². The van der Waals surface area contributed by atoms with Gasteiger partial charge >= 0.3 is 6.18 Å². The van der Waals surface area contributed by atoms with E-state index in [2.05, 4.69) is 0 Å². The molecule has 2 atom stereocenters. The van der Waals surface area contributed by atoms with Crippen LogP contribution in [0.2, 0.25) is 0 Å². The highest BCUT2D eigenvalue weighted by Crippen LogP contribution is 2.44. The van der Waals surface area contributed by atoms with Gasteiger partial charge in [0.15, 0.2) is 5.60 Å². The number of nitriles is 1. The van der Waals surface area contributed by atoms with E-state index in [1.165, 1.54) is 30.3 Å². The molecule has 0 saturated heterocycles. The van der Waals surface area contributed by atoms with E-state index in [0.29, 0.717) is 10.9 Å². The largest absolute Gasteiger partial charge is 0.417 e. The zero-order chi connectivity index (χ0) is 29.0. The van der Waals surface area contributed by atoms with Crippen molar-refractivity contribution >= 4 is 25.7 Å². The number of nitrogens with zero attached hydrogens (tertiary/aromatic N) is 2. The van der Waals surface area contributed by atoms with Crippen molar-refractivity contribution in [2.45, 2.75) is 54.7 Å². The van der Waals surface area contributed by atoms with Crippen molar-refractivity contribution in [3.63, 3.8) is 0 Å². The Kier molecular flexibility index (Phi) is 7.08. The standard InChI is InChI=1S/C25H23F4N3O5S2/c1-15-3-7-18(8-4-15)39(36,37)32-14-23(38(34,35)31-21-10-5-16(13-30)11-20(21)26)19-9-6-17(12-22(19)32)24(2,33)25(27,28)29/h3-5,7-8,10-11,14,17,31,33H,6,9,12H2,1-2H3. The molecule has 1 heterocycles. The summed E-state index contributed by atoms with van der Waals surface area (Å²) >= 11 is 0. The van der Waals surface area contributed by atoms with Gasteiger partial charge in [0.25, 0.3) is 20.0 Å². The number of sulfonamides is 1. The summed E-state index contributed by atoms with van der Waals surface area (Å²) in [6.45, 7) is 2.31. The molecule has 2 aromatic carbocycles. The third-order valence-corrected chi connectivity index (χ3v) is 10.0. The highest BCUT2D eigenvalue weighted by molar-refractivity contribution is 7.93. The fourth-order valence-corrected chi connectivity index (χ4v) is 7.37. The van der Waals surface area contributed by atoms with Gasteiger partial charge in [0.05, 0.1) is 22.2 Å². The van der Waals surface area contributed by atoms with Crippen LogP contribution in [0, 0.1) is 30.0 Å². The predicted molar refractivity (Wildman–Crippen MR) is 132 cm³/mol. The summed E-state index contributed by atoms with van der Waals surface area (Å²) in [5.41, 5.74) is -3.28. The van der Waals surface area contributed by atoms with Crippen molar-refractivity contribution in [3.05, 3.63) is 76.9 Å². The molecule has 4 rings (SSSR count). The average Bonchev–Trinajstić information content (AvgIpc) is 3.25. The number of nitrogens with one attached hydrogen (secondary N) is 1. The van der Waals surface area contributed by atoms with Crippen LogP contribution < -0.4 is 4.72 Å². The summed E-state index contributed by atoms with van der Waals surface area (Å²) in [6, 6.07) is 10.3. The van der Waals surface area contributed by atoms with E-state index < -0.39 is 60.6 Å². The minimum atomic E-state index is -5.02. The summed E-state index contributed by atoms with van der Waals surface area (Å²) in [6.07, 6.45) is -5.41. The van der Waals surface area contributed by atoms with Crippen LogP contribution in [-0.2, 0) is 32.9 Å². The first-order valence-corrected chi connectivity index (χ1v) is 14.5. The summed E-state index contributed by atoms with van der Waals surface area (Å²) < 4.78 is 112. The first-order chi connectivity index (χ1) is 18.0. The molecule has 208 valence electrons. The molecular weight excluding hydrogens is 562 g/mol. The lowest BCUT2D eigenvalue weighted by Crippen LogP contribution is -2.50. The van der Waals surface area contributed by atoms with E-state index in [1.807, 2.05) is 4.72 Å². The van der Waals surface area contributed by atoms with E-state index in [0.717, 1.165) is 23.9 Å². The lowest BCUT2D eigenvalue weighted by Gasteiger charge is -2.37. The van der Waals surface area contributed by atoms with Crippen molar-refractivity contribution in [3.8, 4) is 6.07 Å². The molecule has 0 aliphatic heterocycles. The number of aliphatic hydroxyl groups is 1. The minimum Gasteiger partial charge on any atom is -0.380 e. The number of benzene rings is 2. The smallest absolute Gasteiger partial charge is 0.380 e. The van der Waals surface area contributed by atoms with Crippen molar-refractivity contribution in [2.24, 2.45) is 5.92 Å². The van der Waals surface area contributed by atoms with Crippen LogP contribution in [-0.4, -0.2) is 37.7 Å². The van der Waals surface area contributed by atoms with Gasteiger partial charge in [-0.2, -0.15) is 18.4 Å². The SMILES string of the molecule is Cc1ccc(S(=O)(=O)n2cc(S(=O)(=O)Nc3ccc(C#N)cc3F)c3c2CC(C(C)(O)C(F)(F)F)CC3)cc1. The van der Waals surface area contributed by atoms with Gasteiger partial charge in [-0.3, -0.25) is 4.72 Å². The van der Waals surface area contributed by atoms with Gasteiger partial charge < -0.3 is 5.11 Å². The lowest BCUT2D eigenvalue weighted by molar-refractivity contribution is -0.273. The molecule has 3 aromatic rings. The number of rotatable bonds is 6. The monoisotopic (exact) mass is 585 g/mol. The molecule has 0 amide bonds. The second kappa shape index (κ2) is 9.65.